The first-order valence-electron chi connectivity index (χ1n) is 10.0. The summed E-state index contributed by atoms with van der Waals surface area (Å²) in [5.74, 6) is -1.11. The number of benzene rings is 1. The predicted octanol–water partition coefficient (Wildman–Crippen LogP) is 4.19. The Balaban J connectivity index is 1.10. The molecule has 3 fully saturated rings. The molecule has 1 aromatic carbocycles. The predicted molar refractivity (Wildman–Crippen MR) is 109 cm³/mol. The molecule has 3 aromatic rings. The largest absolute Gasteiger partial charge is 0.486 e. The van der Waals surface area contributed by atoms with E-state index in [1.807, 2.05) is 12.1 Å². The zero-order chi connectivity index (χ0) is 21.5. The van der Waals surface area contributed by atoms with Crippen molar-refractivity contribution in [3.05, 3.63) is 66.8 Å². The van der Waals surface area contributed by atoms with Crippen LogP contribution < -0.4 is 10.1 Å². The van der Waals surface area contributed by atoms with E-state index in [0.29, 0.717) is 12.2 Å². The molecule has 3 aliphatic carbocycles. The Morgan fingerprint density at radius 3 is 2.58 bits per heavy atom. The molecule has 2 bridgehead atoms. The third-order valence-electron chi connectivity index (χ3n) is 6.01. The zero-order valence-corrected chi connectivity index (χ0v) is 16.6. The molecule has 6 rings (SSSR count). The highest BCUT2D eigenvalue weighted by Gasteiger charge is 2.68. The Bertz CT molecular complexity index is 1100. The number of carbonyl (C=O) groups excluding carboxylic acids is 1. The van der Waals surface area contributed by atoms with Crippen molar-refractivity contribution < 1.29 is 18.3 Å². The topological polar surface area (TPSA) is 77.0 Å². The Hall–Kier alpha value is -3.42. The van der Waals surface area contributed by atoms with Crippen LogP contribution in [0, 0.1) is 17.0 Å². The highest BCUT2D eigenvalue weighted by Crippen LogP contribution is 2.70. The van der Waals surface area contributed by atoms with Crippen molar-refractivity contribution in [3.8, 4) is 17.0 Å². The van der Waals surface area contributed by atoms with Crippen LogP contribution in [0.2, 0.25) is 0 Å². The second kappa shape index (κ2) is 7.37. The fourth-order valence-electron chi connectivity index (χ4n) is 4.85. The average Bonchev–Trinajstić information content (AvgIpc) is 2.73. The number of hydrogen-bond donors (Lipinski definition) is 1. The van der Waals surface area contributed by atoms with Gasteiger partial charge < -0.3 is 10.1 Å². The summed E-state index contributed by atoms with van der Waals surface area (Å²) in [5, 5.41) is 3.46. The number of nitrogens with zero attached hydrogens (tertiary/aromatic N) is 3. The summed E-state index contributed by atoms with van der Waals surface area (Å²) in [6, 6.07) is 7.03. The molecule has 6 nitrogen and oxygen atoms in total. The van der Waals surface area contributed by atoms with Crippen LogP contribution in [0.1, 0.15) is 25.7 Å². The van der Waals surface area contributed by atoms with Crippen LogP contribution in [-0.4, -0.2) is 32.9 Å². The molecule has 2 heterocycles. The summed E-state index contributed by atoms with van der Waals surface area (Å²) in [4.78, 5) is 25.3. The van der Waals surface area contributed by atoms with E-state index >= 15 is 0 Å². The van der Waals surface area contributed by atoms with Crippen molar-refractivity contribution in [2.75, 3.05) is 11.9 Å². The normalized spacial score (nSPS) is 23.4. The summed E-state index contributed by atoms with van der Waals surface area (Å²) in [7, 11) is 0. The van der Waals surface area contributed by atoms with Gasteiger partial charge in [-0.3, -0.25) is 14.8 Å². The van der Waals surface area contributed by atoms with Gasteiger partial charge in [0.15, 0.2) is 17.4 Å². The number of Topliss-reactive ketones (excluding diaryl/α,β-unsaturated/α-hetero) is 1. The summed E-state index contributed by atoms with van der Waals surface area (Å²) in [6.07, 6.45) is 10.00. The number of ketones is 1. The maximum atomic E-state index is 13.2. The van der Waals surface area contributed by atoms with E-state index in [0.717, 1.165) is 42.7 Å². The van der Waals surface area contributed by atoms with Crippen molar-refractivity contribution >= 4 is 11.6 Å². The van der Waals surface area contributed by atoms with E-state index in [-0.39, 0.29) is 29.1 Å². The minimum absolute atomic E-state index is 0.00453. The van der Waals surface area contributed by atoms with E-state index in [1.165, 1.54) is 6.07 Å². The lowest BCUT2D eigenvalue weighted by Gasteiger charge is -2.70. The molecule has 0 aliphatic heterocycles. The lowest BCUT2D eigenvalue weighted by Crippen LogP contribution is -2.71. The van der Waals surface area contributed by atoms with E-state index < -0.39 is 11.6 Å². The van der Waals surface area contributed by atoms with E-state index in [4.69, 9.17) is 4.74 Å². The summed E-state index contributed by atoms with van der Waals surface area (Å²) in [6.45, 7) is -0.144. The van der Waals surface area contributed by atoms with Gasteiger partial charge in [-0.2, -0.15) is 0 Å². The first-order valence-corrected chi connectivity index (χ1v) is 10.0. The van der Waals surface area contributed by atoms with Crippen LogP contribution >= 0.6 is 0 Å². The smallest absolute Gasteiger partial charge is 0.170 e. The minimum Gasteiger partial charge on any atom is -0.486 e. The quantitative estimate of drug-likeness (QED) is 0.587. The molecule has 158 valence electrons. The minimum atomic E-state index is -0.992. The SMILES string of the molecule is O=C(COc1ccc(F)c(F)c1)CC12CC(Nc3cnc(-c4cccnc4)cn3)(C1)C2. The fourth-order valence-corrected chi connectivity index (χ4v) is 4.85. The van der Waals surface area contributed by atoms with E-state index in [2.05, 4.69) is 20.3 Å². The second-order valence-corrected chi connectivity index (χ2v) is 8.54. The van der Waals surface area contributed by atoms with Crippen molar-refractivity contribution in [2.45, 2.75) is 31.2 Å². The fraction of sp³-hybridized carbons (Fsp3) is 0.304. The first-order chi connectivity index (χ1) is 14.9. The second-order valence-electron chi connectivity index (χ2n) is 8.54. The van der Waals surface area contributed by atoms with Crippen LogP contribution in [0.3, 0.4) is 0 Å². The number of hydrogen-bond acceptors (Lipinski definition) is 6. The van der Waals surface area contributed by atoms with Crippen molar-refractivity contribution in [1.29, 1.82) is 0 Å². The van der Waals surface area contributed by atoms with Gasteiger partial charge in [-0.15, -0.1) is 0 Å². The molecule has 3 saturated carbocycles. The average molecular weight is 422 g/mol. The van der Waals surface area contributed by atoms with Gasteiger partial charge in [0.2, 0.25) is 0 Å². The standard InChI is InChI=1S/C23H20F2N4O2/c24-18-4-3-17(6-19(18)25)31-11-16(30)7-22-12-23(13-22,14-22)29-21-10-27-20(9-28-21)15-2-1-5-26-8-15/h1-6,8-10H,7,11-14H2,(H,28,29). The van der Waals surface area contributed by atoms with Gasteiger partial charge >= 0.3 is 0 Å². The van der Waals surface area contributed by atoms with Crippen LogP contribution in [0.5, 0.6) is 5.75 Å². The van der Waals surface area contributed by atoms with Crippen molar-refractivity contribution in [3.63, 3.8) is 0 Å². The van der Waals surface area contributed by atoms with Crippen LogP contribution in [0.15, 0.2) is 55.1 Å². The summed E-state index contributed by atoms with van der Waals surface area (Å²) in [5.41, 5.74) is 1.66. The molecule has 3 aliphatic rings. The Morgan fingerprint density at radius 1 is 1.06 bits per heavy atom. The summed E-state index contributed by atoms with van der Waals surface area (Å²) >= 11 is 0. The van der Waals surface area contributed by atoms with Crippen molar-refractivity contribution in [2.24, 2.45) is 5.41 Å². The van der Waals surface area contributed by atoms with Crippen molar-refractivity contribution in [1.82, 2.24) is 15.0 Å². The number of aromatic nitrogens is 3. The van der Waals surface area contributed by atoms with Gasteiger partial charge in [0.05, 0.1) is 18.1 Å². The highest BCUT2D eigenvalue weighted by atomic mass is 19.2. The Morgan fingerprint density at radius 2 is 1.90 bits per heavy atom. The molecular weight excluding hydrogens is 402 g/mol. The third kappa shape index (κ3) is 3.85. The first kappa shape index (κ1) is 19.5. The molecule has 0 radical (unpaired) electrons. The van der Waals surface area contributed by atoms with Gasteiger partial charge in [-0.05, 0) is 48.9 Å². The maximum Gasteiger partial charge on any atom is 0.170 e. The van der Waals surface area contributed by atoms with E-state index in [1.54, 1.807) is 24.8 Å². The Kier molecular flexibility index (Phi) is 4.64. The number of halogens is 2. The van der Waals surface area contributed by atoms with Gasteiger partial charge in [0.25, 0.3) is 0 Å². The van der Waals surface area contributed by atoms with E-state index in [9.17, 15) is 13.6 Å². The number of nitrogens with one attached hydrogen (secondary N) is 1. The molecule has 0 atom stereocenters. The number of carbonyl (C=O) groups is 1. The number of rotatable bonds is 8. The molecule has 2 aromatic heterocycles. The zero-order valence-electron chi connectivity index (χ0n) is 16.6. The van der Waals surface area contributed by atoms with Gasteiger partial charge in [-0.25, -0.2) is 13.8 Å². The van der Waals surface area contributed by atoms with Crippen LogP contribution in [-0.2, 0) is 4.79 Å². The van der Waals surface area contributed by atoms with Crippen LogP contribution in [0.25, 0.3) is 11.3 Å². The number of anilines is 1. The Labute approximate surface area is 177 Å². The summed E-state index contributed by atoms with van der Waals surface area (Å²) < 4.78 is 31.5. The maximum absolute atomic E-state index is 13.2. The lowest BCUT2D eigenvalue weighted by molar-refractivity contribution is -0.147. The van der Waals surface area contributed by atoms with Gasteiger partial charge in [0.1, 0.15) is 18.2 Å². The van der Waals surface area contributed by atoms with Crippen LogP contribution in [0.4, 0.5) is 14.6 Å². The molecule has 0 unspecified atom stereocenters. The van der Waals surface area contributed by atoms with Gasteiger partial charge in [-0.1, -0.05) is 0 Å². The molecule has 0 amide bonds. The molecule has 1 N–H and O–H groups in total. The third-order valence-corrected chi connectivity index (χ3v) is 6.01. The number of pyridine rings is 1. The van der Waals surface area contributed by atoms with Gasteiger partial charge in [0, 0.05) is 36.0 Å². The highest BCUT2D eigenvalue weighted by molar-refractivity contribution is 5.81. The molecule has 0 saturated heterocycles. The molecule has 31 heavy (non-hydrogen) atoms. The molecule has 8 heteroatoms. The molecule has 0 spiro atoms. The monoisotopic (exact) mass is 422 g/mol. The number of ether oxygens (including phenoxy) is 1. The molecular formula is C23H20F2N4O2. The lowest BCUT2D eigenvalue weighted by atomic mass is 9.38.